The minimum atomic E-state index is -0.926. The van der Waals surface area contributed by atoms with Crippen molar-refractivity contribution in [2.45, 2.75) is 49.5 Å². The number of nitrogens with zero attached hydrogens (tertiary/aromatic N) is 5. The maximum Gasteiger partial charge on any atom is 0.319 e. The van der Waals surface area contributed by atoms with E-state index >= 15 is 4.39 Å². The number of hydrogen-bond acceptors (Lipinski definition) is 8. The monoisotopic (exact) mass is 589 g/mol. The number of phenolic OH excluding ortho intramolecular Hbond substituents is 1. The van der Waals surface area contributed by atoms with Crippen molar-refractivity contribution in [3.05, 3.63) is 47.7 Å². The number of pyridine rings is 1. The first-order valence-corrected chi connectivity index (χ1v) is 14.3. The van der Waals surface area contributed by atoms with E-state index in [2.05, 4.69) is 25.8 Å². The van der Waals surface area contributed by atoms with Crippen molar-refractivity contribution in [2.24, 2.45) is 0 Å². The number of likely N-dealkylation sites (N-methyl/N-ethyl adjacent to an activating group) is 1. The molecule has 0 bridgehead atoms. The first-order chi connectivity index (χ1) is 20.7. The van der Waals surface area contributed by atoms with Gasteiger partial charge in [0.05, 0.1) is 28.6 Å². The first-order valence-electron chi connectivity index (χ1n) is 14.3. The highest BCUT2D eigenvalue weighted by atomic mass is 19.1. The minimum absolute atomic E-state index is 0.00175. The van der Waals surface area contributed by atoms with Crippen molar-refractivity contribution in [1.29, 1.82) is 0 Å². The number of alkyl halides is 1. The van der Waals surface area contributed by atoms with E-state index in [4.69, 9.17) is 15.9 Å². The van der Waals surface area contributed by atoms with E-state index < -0.39 is 23.3 Å². The quantitative estimate of drug-likeness (QED) is 0.302. The van der Waals surface area contributed by atoms with Crippen LogP contribution in [0, 0.1) is 24.0 Å². The van der Waals surface area contributed by atoms with Crippen molar-refractivity contribution < 1.29 is 27.8 Å². The Kier molecular flexibility index (Phi) is 6.59. The van der Waals surface area contributed by atoms with Gasteiger partial charge in [-0.1, -0.05) is 12.0 Å². The number of aromatic nitrogens is 3. The fourth-order valence-electron chi connectivity index (χ4n) is 6.92. The maximum atomic E-state index is 16.6. The van der Waals surface area contributed by atoms with Gasteiger partial charge in [-0.3, -0.25) is 9.88 Å². The molecule has 3 fully saturated rings. The van der Waals surface area contributed by atoms with Gasteiger partial charge < -0.3 is 19.5 Å². The molecule has 2 aromatic heterocycles. The Hall–Kier alpha value is -4.14. The number of phenols is 1. The molecule has 0 amide bonds. The molecular weight excluding hydrogens is 559 g/mol. The normalized spacial score (nSPS) is 24.8. The molecule has 7 rings (SSSR count). The summed E-state index contributed by atoms with van der Waals surface area (Å²) in [5.74, 6) is 1.15. The summed E-state index contributed by atoms with van der Waals surface area (Å²) in [6, 6.07) is 5.38. The summed E-state index contributed by atoms with van der Waals surface area (Å²) < 4.78 is 57.4. The van der Waals surface area contributed by atoms with E-state index in [0.29, 0.717) is 29.6 Å². The zero-order chi connectivity index (χ0) is 30.0. The van der Waals surface area contributed by atoms with Crippen LogP contribution in [-0.2, 0) is 4.74 Å². The summed E-state index contributed by atoms with van der Waals surface area (Å²) in [5.41, 5.74) is -0.605. The lowest BCUT2D eigenvalue weighted by atomic mass is 9.95. The van der Waals surface area contributed by atoms with E-state index in [9.17, 15) is 13.9 Å². The molecule has 43 heavy (non-hydrogen) atoms. The summed E-state index contributed by atoms with van der Waals surface area (Å²) in [6.45, 7) is 1.35. The van der Waals surface area contributed by atoms with Gasteiger partial charge in [-0.25, -0.2) is 13.2 Å². The smallest absolute Gasteiger partial charge is 0.319 e. The Morgan fingerprint density at radius 1 is 1.26 bits per heavy atom. The summed E-state index contributed by atoms with van der Waals surface area (Å²) in [7, 11) is 3.48. The number of ether oxygens (including phenoxy) is 2. The Labute approximate surface area is 246 Å². The summed E-state index contributed by atoms with van der Waals surface area (Å²) in [4.78, 5) is 17.6. The molecule has 1 aliphatic carbocycles. The van der Waals surface area contributed by atoms with Crippen LogP contribution < -0.4 is 9.64 Å². The topological polar surface area (TPSA) is 83.8 Å². The number of terminal acetylenes is 1. The highest BCUT2D eigenvalue weighted by Gasteiger charge is 2.49. The fraction of sp³-hybridized carbons (Fsp3) is 0.406. The highest BCUT2D eigenvalue weighted by Crippen LogP contribution is 2.42. The molecule has 3 aliphatic rings. The second kappa shape index (κ2) is 10.2. The molecule has 4 heterocycles. The van der Waals surface area contributed by atoms with E-state index in [0.717, 1.165) is 25.8 Å². The lowest BCUT2D eigenvalue weighted by molar-refractivity contribution is 0.107. The van der Waals surface area contributed by atoms with Gasteiger partial charge in [0.15, 0.2) is 5.82 Å². The van der Waals surface area contributed by atoms with Gasteiger partial charge in [0.25, 0.3) is 0 Å². The van der Waals surface area contributed by atoms with Crippen LogP contribution in [-0.4, -0.2) is 82.7 Å². The third-order valence-electron chi connectivity index (χ3n) is 9.16. The second-order valence-corrected chi connectivity index (χ2v) is 11.7. The number of benzene rings is 2. The molecular formula is C32H30F3N5O3. The molecule has 4 aromatic rings. The molecule has 11 heteroatoms. The van der Waals surface area contributed by atoms with Crippen molar-refractivity contribution >= 4 is 27.5 Å². The fourth-order valence-corrected chi connectivity index (χ4v) is 6.92. The van der Waals surface area contributed by atoms with Gasteiger partial charge in [-0.2, -0.15) is 9.97 Å². The largest absolute Gasteiger partial charge is 0.508 e. The van der Waals surface area contributed by atoms with Crippen molar-refractivity contribution in [3.8, 4) is 35.4 Å². The van der Waals surface area contributed by atoms with Crippen LogP contribution in [0.25, 0.3) is 32.9 Å². The van der Waals surface area contributed by atoms with E-state index in [1.165, 1.54) is 30.5 Å². The van der Waals surface area contributed by atoms with Crippen LogP contribution in [0.1, 0.15) is 31.2 Å². The zero-order valence-corrected chi connectivity index (χ0v) is 23.8. The number of fused-ring (bicyclic) bond motifs is 3. The average Bonchev–Trinajstić information content (AvgIpc) is 3.59. The predicted octanol–water partition coefficient (Wildman–Crippen LogP) is 4.99. The summed E-state index contributed by atoms with van der Waals surface area (Å²) in [6.07, 6.45) is 9.06. The van der Waals surface area contributed by atoms with E-state index in [-0.39, 0.29) is 58.2 Å². The van der Waals surface area contributed by atoms with Crippen LogP contribution in [0.15, 0.2) is 30.5 Å². The van der Waals surface area contributed by atoms with Gasteiger partial charge in [0, 0.05) is 44.3 Å². The van der Waals surface area contributed by atoms with Crippen LogP contribution in [0.5, 0.6) is 11.8 Å². The van der Waals surface area contributed by atoms with Gasteiger partial charge >= 0.3 is 6.01 Å². The number of anilines is 1. The molecule has 1 saturated carbocycles. The lowest BCUT2D eigenvalue weighted by Crippen LogP contribution is -2.43. The van der Waals surface area contributed by atoms with Gasteiger partial charge in [-0.15, -0.1) is 6.42 Å². The Bertz CT molecular complexity index is 1810. The molecule has 2 aromatic carbocycles. The summed E-state index contributed by atoms with van der Waals surface area (Å²) in [5, 5.41) is 11.5. The highest BCUT2D eigenvalue weighted by molar-refractivity contribution is 6.03. The van der Waals surface area contributed by atoms with Gasteiger partial charge in [0.1, 0.15) is 41.4 Å². The second-order valence-electron chi connectivity index (χ2n) is 11.7. The molecule has 2 saturated heterocycles. The number of halogens is 3. The number of hydrogen-bond donors (Lipinski definition) is 1. The maximum absolute atomic E-state index is 16.6. The Morgan fingerprint density at radius 3 is 2.86 bits per heavy atom. The SMILES string of the molecule is C#Cc1c(F)ccc2cc(O)cc(-c3ncc4c(N(C)[C@@H]5C[C@H]5OC)nc(OC[C@@]56CCCN5C[C@H](F)C6)nc4c3F)c12. The first kappa shape index (κ1) is 27.7. The van der Waals surface area contributed by atoms with Crippen molar-refractivity contribution in [3.63, 3.8) is 0 Å². The van der Waals surface area contributed by atoms with Crippen LogP contribution >= 0.6 is 0 Å². The third kappa shape index (κ3) is 4.51. The van der Waals surface area contributed by atoms with Crippen molar-refractivity contribution in [1.82, 2.24) is 19.9 Å². The van der Waals surface area contributed by atoms with Crippen molar-refractivity contribution in [2.75, 3.05) is 38.8 Å². The van der Waals surface area contributed by atoms with Gasteiger partial charge in [-0.05, 0) is 49.4 Å². The van der Waals surface area contributed by atoms with E-state index in [1.54, 1.807) is 7.11 Å². The van der Waals surface area contributed by atoms with Crippen LogP contribution in [0.2, 0.25) is 0 Å². The van der Waals surface area contributed by atoms with Gasteiger partial charge in [0.2, 0.25) is 0 Å². The standard InChI is InChI=1S/C32H30F3N5O3/c1-4-20-23(34)7-6-17-10-19(41)11-21(26(17)20)28-27(35)29-22(14-36-28)30(39(2)24-12-25(24)42-3)38-31(37-29)43-16-32-8-5-9-40(32)15-18(33)13-32/h1,6-7,10-11,14,18,24-25,41H,5,8-9,12-13,15-16H2,2-3H3/t18-,24-,25-,32+/m1/s1. The molecule has 0 spiro atoms. The predicted molar refractivity (Wildman–Crippen MR) is 156 cm³/mol. The van der Waals surface area contributed by atoms with Crippen LogP contribution in [0.3, 0.4) is 0 Å². The number of methoxy groups -OCH3 is 1. The molecule has 0 unspecified atom stereocenters. The molecule has 8 nitrogen and oxygen atoms in total. The lowest BCUT2D eigenvalue weighted by Gasteiger charge is -2.31. The Morgan fingerprint density at radius 2 is 2.09 bits per heavy atom. The summed E-state index contributed by atoms with van der Waals surface area (Å²) >= 11 is 0. The molecule has 222 valence electrons. The molecule has 1 N–H and O–H groups in total. The Balaban J connectivity index is 1.37. The number of aromatic hydroxyl groups is 1. The van der Waals surface area contributed by atoms with E-state index in [1.807, 2.05) is 11.9 Å². The minimum Gasteiger partial charge on any atom is -0.508 e. The third-order valence-corrected chi connectivity index (χ3v) is 9.16. The zero-order valence-electron chi connectivity index (χ0n) is 23.8. The molecule has 0 radical (unpaired) electrons. The molecule has 2 aliphatic heterocycles. The average molecular weight is 590 g/mol. The molecule has 4 atom stereocenters. The number of rotatable bonds is 7. The van der Waals surface area contributed by atoms with Crippen LogP contribution in [0.4, 0.5) is 19.0 Å².